The molecule has 0 aliphatic carbocycles. The van der Waals surface area contributed by atoms with Crippen LogP contribution in [0.25, 0.3) is 0 Å². The van der Waals surface area contributed by atoms with Crippen LogP contribution < -0.4 is 0 Å². The lowest BCUT2D eigenvalue weighted by atomic mass is 9.88. The Morgan fingerprint density at radius 1 is 1.24 bits per heavy atom. The Kier molecular flexibility index (Phi) is 8.36. The molecule has 0 amide bonds. The summed E-state index contributed by atoms with van der Waals surface area (Å²) in [4.78, 5) is 2.13. The molecule has 1 unspecified atom stereocenters. The van der Waals surface area contributed by atoms with E-state index in [4.69, 9.17) is 0 Å². The SMILES string of the molecule is CCC(CN(CCF)C(C)C)CC(C)(C)N(C)S(C)(=O)=O. The first kappa shape index (κ1) is 20.8. The van der Waals surface area contributed by atoms with Gasteiger partial charge in [-0.3, -0.25) is 4.90 Å². The fourth-order valence-electron chi connectivity index (χ4n) is 2.62. The van der Waals surface area contributed by atoms with Crippen LogP contribution in [0.5, 0.6) is 0 Å². The lowest BCUT2D eigenvalue weighted by Gasteiger charge is -2.38. The van der Waals surface area contributed by atoms with Gasteiger partial charge in [-0.25, -0.2) is 12.8 Å². The summed E-state index contributed by atoms with van der Waals surface area (Å²) in [7, 11) is -1.58. The molecule has 0 bridgehead atoms. The molecule has 0 spiro atoms. The molecule has 0 N–H and O–H groups in total. The van der Waals surface area contributed by atoms with Gasteiger partial charge in [0.15, 0.2) is 0 Å². The van der Waals surface area contributed by atoms with Gasteiger partial charge in [0.25, 0.3) is 0 Å². The summed E-state index contributed by atoms with van der Waals surface area (Å²) in [5.74, 6) is 0.346. The maximum Gasteiger partial charge on any atom is 0.211 e. The summed E-state index contributed by atoms with van der Waals surface area (Å²) in [5.41, 5.74) is -0.438. The molecule has 0 saturated heterocycles. The van der Waals surface area contributed by atoms with Crippen LogP contribution in [0.3, 0.4) is 0 Å². The van der Waals surface area contributed by atoms with E-state index < -0.39 is 15.6 Å². The monoisotopic (exact) mass is 324 g/mol. The second kappa shape index (κ2) is 8.44. The van der Waals surface area contributed by atoms with Crippen LogP contribution in [-0.2, 0) is 10.0 Å². The van der Waals surface area contributed by atoms with Crippen molar-refractivity contribution in [2.75, 3.05) is 33.1 Å². The van der Waals surface area contributed by atoms with Crippen LogP contribution in [0, 0.1) is 5.92 Å². The van der Waals surface area contributed by atoms with E-state index in [1.807, 2.05) is 13.8 Å². The maximum absolute atomic E-state index is 12.7. The molecule has 0 aromatic heterocycles. The predicted octanol–water partition coefficient (Wildman–Crippen LogP) is 2.75. The molecule has 0 radical (unpaired) electrons. The van der Waals surface area contributed by atoms with E-state index >= 15 is 0 Å². The largest absolute Gasteiger partial charge is 0.298 e. The quantitative estimate of drug-likeness (QED) is 0.620. The third kappa shape index (κ3) is 7.06. The Hall–Kier alpha value is -0.200. The summed E-state index contributed by atoms with van der Waals surface area (Å²) in [5, 5.41) is 0. The van der Waals surface area contributed by atoms with Crippen LogP contribution in [0.4, 0.5) is 4.39 Å². The summed E-state index contributed by atoms with van der Waals surface area (Å²) in [6, 6.07) is 0.297. The van der Waals surface area contributed by atoms with Crippen LogP contribution in [0.15, 0.2) is 0 Å². The molecule has 0 saturated carbocycles. The van der Waals surface area contributed by atoms with Gasteiger partial charge in [-0.2, -0.15) is 4.31 Å². The van der Waals surface area contributed by atoms with Crippen molar-refractivity contribution < 1.29 is 12.8 Å². The molecular formula is C15H33FN2O2S. The molecule has 0 fully saturated rings. The van der Waals surface area contributed by atoms with Crippen LogP contribution in [0.2, 0.25) is 0 Å². The van der Waals surface area contributed by atoms with Crippen molar-refractivity contribution >= 4 is 10.0 Å². The van der Waals surface area contributed by atoms with Crippen molar-refractivity contribution in [1.29, 1.82) is 0 Å². The van der Waals surface area contributed by atoms with Crippen molar-refractivity contribution in [2.45, 2.75) is 59.0 Å². The number of hydrogen-bond donors (Lipinski definition) is 0. The van der Waals surface area contributed by atoms with Crippen molar-refractivity contribution in [3.8, 4) is 0 Å². The summed E-state index contributed by atoms with van der Waals surface area (Å²) < 4.78 is 37.6. The standard InChI is InChI=1S/C15H33FN2O2S/c1-8-14(12-18(10-9-16)13(2)3)11-15(4,5)17(6)21(7,19)20/h13-14H,8-12H2,1-7H3. The first-order chi connectivity index (χ1) is 9.45. The highest BCUT2D eigenvalue weighted by Crippen LogP contribution is 2.27. The van der Waals surface area contributed by atoms with Crippen molar-refractivity contribution in [1.82, 2.24) is 9.21 Å². The average Bonchev–Trinajstić information content (AvgIpc) is 2.34. The Bertz CT molecular complexity index is 396. The molecule has 0 heterocycles. The van der Waals surface area contributed by atoms with Gasteiger partial charge in [-0.05, 0) is 40.0 Å². The summed E-state index contributed by atoms with van der Waals surface area (Å²) in [6.07, 6.45) is 2.96. The smallest absolute Gasteiger partial charge is 0.211 e. The normalized spacial score (nSPS) is 15.2. The van der Waals surface area contributed by atoms with Crippen LogP contribution in [-0.4, -0.2) is 62.3 Å². The van der Waals surface area contributed by atoms with E-state index in [0.717, 1.165) is 19.4 Å². The van der Waals surface area contributed by atoms with E-state index in [1.165, 1.54) is 10.6 Å². The lowest BCUT2D eigenvalue weighted by Crippen LogP contribution is -2.47. The van der Waals surface area contributed by atoms with Gasteiger partial charge in [-0.15, -0.1) is 0 Å². The lowest BCUT2D eigenvalue weighted by molar-refractivity contribution is 0.136. The van der Waals surface area contributed by atoms with Gasteiger partial charge in [0.1, 0.15) is 6.67 Å². The minimum Gasteiger partial charge on any atom is -0.298 e. The molecule has 0 rings (SSSR count). The fraction of sp³-hybridized carbons (Fsp3) is 1.00. The second-order valence-corrected chi connectivity index (χ2v) is 8.81. The van der Waals surface area contributed by atoms with Crippen molar-refractivity contribution in [2.24, 2.45) is 5.92 Å². The zero-order valence-corrected chi connectivity index (χ0v) is 15.5. The van der Waals surface area contributed by atoms with Gasteiger partial charge in [0.2, 0.25) is 10.0 Å². The molecule has 1 atom stereocenters. The van der Waals surface area contributed by atoms with Crippen LogP contribution >= 0.6 is 0 Å². The first-order valence-electron chi connectivity index (χ1n) is 7.69. The van der Waals surface area contributed by atoms with Gasteiger partial charge in [-0.1, -0.05) is 13.3 Å². The minimum atomic E-state index is -3.21. The highest BCUT2D eigenvalue weighted by Gasteiger charge is 2.32. The molecule has 21 heavy (non-hydrogen) atoms. The van der Waals surface area contributed by atoms with Gasteiger partial charge >= 0.3 is 0 Å². The number of hydrogen-bond acceptors (Lipinski definition) is 3. The number of nitrogens with zero attached hydrogens (tertiary/aromatic N) is 2. The van der Waals surface area contributed by atoms with Crippen molar-refractivity contribution in [3.05, 3.63) is 0 Å². The minimum absolute atomic E-state index is 0.297. The number of sulfonamides is 1. The number of halogens is 1. The third-order valence-corrected chi connectivity index (χ3v) is 5.80. The molecule has 6 heteroatoms. The topological polar surface area (TPSA) is 40.6 Å². The van der Waals surface area contributed by atoms with E-state index in [1.54, 1.807) is 7.05 Å². The molecule has 0 aromatic rings. The van der Waals surface area contributed by atoms with E-state index in [2.05, 4.69) is 25.7 Å². The Balaban J connectivity index is 4.90. The third-order valence-electron chi connectivity index (χ3n) is 4.31. The van der Waals surface area contributed by atoms with Gasteiger partial charge in [0, 0.05) is 31.7 Å². The molecule has 0 aliphatic heterocycles. The molecular weight excluding hydrogens is 291 g/mol. The molecule has 128 valence electrons. The van der Waals surface area contributed by atoms with E-state index in [0.29, 0.717) is 18.5 Å². The maximum atomic E-state index is 12.7. The Morgan fingerprint density at radius 3 is 2.10 bits per heavy atom. The average molecular weight is 325 g/mol. The van der Waals surface area contributed by atoms with E-state index in [9.17, 15) is 12.8 Å². The Labute approximate surface area is 130 Å². The highest BCUT2D eigenvalue weighted by atomic mass is 32.2. The van der Waals surface area contributed by atoms with Crippen molar-refractivity contribution in [3.63, 3.8) is 0 Å². The molecule has 0 aliphatic rings. The van der Waals surface area contributed by atoms with Gasteiger partial charge in [0.05, 0.1) is 6.26 Å². The van der Waals surface area contributed by atoms with Crippen LogP contribution in [0.1, 0.15) is 47.5 Å². The second-order valence-electron chi connectivity index (χ2n) is 6.80. The summed E-state index contributed by atoms with van der Waals surface area (Å²) in [6.45, 7) is 11.0. The first-order valence-corrected chi connectivity index (χ1v) is 9.54. The van der Waals surface area contributed by atoms with E-state index in [-0.39, 0.29) is 6.67 Å². The van der Waals surface area contributed by atoms with Gasteiger partial charge < -0.3 is 0 Å². The highest BCUT2D eigenvalue weighted by molar-refractivity contribution is 7.88. The Morgan fingerprint density at radius 2 is 1.76 bits per heavy atom. The zero-order chi connectivity index (χ0) is 16.8. The predicted molar refractivity (Wildman–Crippen MR) is 87.8 cm³/mol. The fourth-order valence-corrected chi connectivity index (χ4v) is 3.59. The number of alkyl halides is 1. The zero-order valence-electron chi connectivity index (χ0n) is 14.7. The molecule has 0 aromatic carbocycles. The summed E-state index contributed by atoms with van der Waals surface area (Å²) >= 11 is 0. The number of rotatable bonds is 10. The molecule has 4 nitrogen and oxygen atoms in total.